The summed E-state index contributed by atoms with van der Waals surface area (Å²) < 4.78 is 5.24. The number of hydrogen-bond acceptors (Lipinski definition) is 5. The van der Waals surface area contributed by atoms with Gasteiger partial charge in [-0.15, -0.1) is 10.2 Å². The maximum atomic E-state index is 6.01. The van der Waals surface area contributed by atoms with Crippen LogP contribution >= 0.6 is 0 Å². The molecule has 1 aliphatic rings. The molecule has 21 heavy (non-hydrogen) atoms. The van der Waals surface area contributed by atoms with Crippen LogP contribution in [0.4, 0.5) is 5.82 Å². The van der Waals surface area contributed by atoms with Gasteiger partial charge in [0.15, 0.2) is 5.82 Å². The summed E-state index contributed by atoms with van der Waals surface area (Å²) in [4.78, 5) is 2.20. The van der Waals surface area contributed by atoms with Gasteiger partial charge in [0.1, 0.15) is 5.75 Å². The van der Waals surface area contributed by atoms with Crippen molar-refractivity contribution in [3.05, 3.63) is 36.4 Å². The lowest BCUT2D eigenvalue weighted by molar-refractivity contribution is 0.415. The van der Waals surface area contributed by atoms with Gasteiger partial charge >= 0.3 is 0 Å². The molecule has 2 aromatic rings. The maximum absolute atomic E-state index is 6.01. The molecule has 5 nitrogen and oxygen atoms in total. The summed E-state index contributed by atoms with van der Waals surface area (Å²) in [6.45, 7) is 1.86. The highest BCUT2D eigenvalue weighted by Crippen LogP contribution is 2.23. The third-order valence-corrected chi connectivity index (χ3v) is 3.80. The van der Waals surface area contributed by atoms with Crippen molar-refractivity contribution in [2.75, 3.05) is 25.1 Å². The van der Waals surface area contributed by atoms with Crippen molar-refractivity contribution in [2.45, 2.75) is 18.9 Å². The zero-order chi connectivity index (χ0) is 14.7. The highest BCUT2D eigenvalue weighted by atomic mass is 16.5. The molecule has 110 valence electrons. The quantitative estimate of drug-likeness (QED) is 0.935. The number of methoxy groups -OCH3 is 1. The summed E-state index contributed by atoms with van der Waals surface area (Å²) in [6, 6.07) is 12.1. The number of nitrogens with zero attached hydrogens (tertiary/aromatic N) is 3. The largest absolute Gasteiger partial charge is 0.497 e. The van der Waals surface area contributed by atoms with Crippen LogP contribution in [0.3, 0.4) is 0 Å². The van der Waals surface area contributed by atoms with E-state index in [9.17, 15) is 0 Å². The molecule has 2 heterocycles. The van der Waals surface area contributed by atoms with Crippen molar-refractivity contribution in [1.29, 1.82) is 0 Å². The number of rotatable bonds is 3. The fraction of sp³-hybridized carbons (Fsp3) is 0.375. The average Bonchev–Trinajstić information content (AvgIpc) is 2.55. The molecule has 1 aromatic carbocycles. The predicted octanol–water partition coefficient (Wildman–Crippen LogP) is 2.08. The molecule has 3 rings (SSSR count). The molecule has 0 saturated carbocycles. The Morgan fingerprint density at radius 2 is 2.14 bits per heavy atom. The van der Waals surface area contributed by atoms with Gasteiger partial charge in [0, 0.05) is 24.7 Å². The molecule has 2 N–H and O–H groups in total. The van der Waals surface area contributed by atoms with Gasteiger partial charge in [0.2, 0.25) is 0 Å². The summed E-state index contributed by atoms with van der Waals surface area (Å²) >= 11 is 0. The first-order valence-corrected chi connectivity index (χ1v) is 7.25. The van der Waals surface area contributed by atoms with Gasteiger partial charge in [-0.3, -0.25) is 0 Å². The van der Waals surface area contributed by atoms with Crippen molar-refractivity contribution in [2.24, 2.45) is 5.73 Å². The number of nitrogens with two attached hydrogens (primary N) is 1. The molecule has 0 spiro atoms. The lowest BCUT2D eigenvalue weighted by atomic mass is 10.1. The standard InChI is InChI=1S/C16H20N4O/c1-21-14-6-2-4-12(10-14)15-7-8-16(19-18-15)20-9-3-5-13(17)11-20/h2,4,6-8,10,13H,3,5,9,11,17H2,1H3. The minimum Gasteiger partial charge on any atom is -0.497 e. The van der Waals surface area contributed by atoms with Crippen LogP contribution in [0, 0.1) is 0 Å². The highest BCUT2D eigenvalue weighted by molar-refractivity contribution is 5.61. The van der Waals surface area contributed by atoms with E-state index < -0.39 is 0 Å². The zero-order valence-electron chi connectivity index (χ0n) is 12.2. The third kappa shape index (κ3) is 3.13. The number of anilines is 1. The van der Waals surface area contributed by atoms with Crippen molar-refractivity contribution in [3.8, 4) is 17.0 Å². The van der Waals surface area contributed by atoms with Gasteiger partial charge < -0.3 is 15.4 Å². The van der Waals surface area contributed by atoms with Crippen LogP contribution in [0.5, 0.6) is 5.75 Å². The van der Waals surface area contributed by atoms with Gasteiger partial charge in [-0.25, -0.2) is 0 Å². The zero-order valence-corrected chi connectivity index (χ0v) is 12.2. The molecule has 0 amide bonds. The Hall–Kier alpha value is -2.14. The Bertz CT molecular complexity index is 599. The summed E-state index contributed by atoms with van der Waals surface area (Å²) in [6.07, 6.45) is 2.20. The molecule has 1 unspecified atom stereocenters. The van der Waals surface area contributed by atoms with Crippen molar-refractivity contribution < 1.29 is 4.74 Å². The van der Waals surface area contributed by atoms with Crippen LogP contribution in [0.25, 0.3) is 11.3 Å². The SMILES string of the molecule is COc1cccc(-c2ccc(N3CCCC(N)C3)nn2)c1. The number of benzene rings is 1. The van der Waals surface area contributed by atoms with Crippen LogP contribution in [-0.2, 0) is 0 Å². The van der Waals surface area contributed by atoms with E-state index in [0.29, 0.717) is 0 Å². The Morgan fingerprint density at radius 3 is 2.86 bits per heavy atom. The van der Waals surface area contributed by atoms with E-state index in [2.05, 4.69) is 15.1 Å². The first-order chi connectivity index (χ1) is 10.3. The Morgan fingerprint density at radius 1 is 1.24 bits per heavy atom. The molecule has 0 radical (unpaired) electrons. The van der Waals surface area contributed by atoms with Gasteiger partial charge in [-0.1, -0.05) is 12.1 Å². The average molecular weight is 284 g/mol. The molecule has 0 bridgehead atoms. The number of hydrogen-bond donors (Lipinski definition) is 1. The minimum absolute atomic E-state index is 0.235. The van der Waals surface area contributed by atoms with E-state index >= 15 is 0 Å². The van der Waals surface area contributed by atoms with Gasteiger partial charge in [-0.2, -0.15) is 0 Å². The van der Waals surface area contributed by atoms with Crippen molar-refractivity contribution in [3.63, 3.8) is 0 Å². The molecular formula is C16H20N4O. The molecular weight excluding hydrogens is 264 g/mol. The molecule has 5 heteroatoms. The van der Waals surface area contributed by atoms with E-state index in [1.165, 1.54) is 0 Å². The fourth-order valence-corrected chi connectivity index (χ4v) is 2.65. The van der Waals surface area contributed by atoms with E-state index in [1.54, 1.807) is 7.11 Å². The fourth-order valence-electron chi connectivity index (χ4n) is 2.65. The number of ether oxygens (including phenoxy) is 1. The van der Waals surface area contributed by atoms with Crippen LogP contribution < -0.4 is 15.4 Å². The molecule has 1 atom stereocenters. The predicted molar refractivity (Wildman–Crippen MR) is 83.4 cm³/mol. The summed E-state index contributed by atoms with van der Waals surface area (Å²) in [7, 11) is 1.66. The lowest BCUT2D eigenvalue weighted by Crippen LogP contribution is -2.43. The van der Waals surface area contributed by atoms with E-state index in [-0.39, 0.29) is 6.04 Å². The third-order valence-electron chi connectivity index (χ3n) is 3.80. The second kappa shape index (κ2) is 6.10. The van der Waals surface area contributed by atoms with Crippen LogP contribution in [0.15, 0.2) is 36.4 Å². The molecule has 1 aliphatic heterocycles. The van der Waals surface area contributed by atoms with E-state index in [4.69, 9.17) is 10.5 Å². The number of aromatic nitrogens is 2. The smallest absolute Gasteiger partial charge is 0.151 e. The molecule has 1 fully saturated rings. The van der Waals surface area contributed by atoms with Gasteiger partial charge in [0.05, 0.1) is 12.8 Å². The Balaban J connectivity index is 1.80. The minimum atomic E-state index is 0.235. The molecule has 1 aromatic heterocycles. The lowest BCUT2D eigenvalue weighted by Gasteiger charge is -2.31. The van der Waals surface area contributed by atoms with Crippen LogP contribution in [-0.4, -0.2) is 36.4 Å². The highest BCUT2D eigenvalue weighted by Gasteiger charge is 2.18. The van der Waals surface area contributed by atoms with Gasteiger partial charge in [-0.05, 0) is 37.1 Å². The van der Waals surface area contributed by atoms with E-state index in [0.717, 1.165) is 48.8 Å². The summed E-state index contributed by atoms with van der Waals surface area (Å²) in [5.74, 6) is 1.72. The van der Waals surface area contributed by atoms with Crippen molar-refractivity contribution in [1.82, 2.24) is 10.2 Å². The molecule has 0 aliphatic carbocycles. The number of piperidine rings is 1. The Labute approximate surface area is 124 Å². The van der Waals surface area contributed by atoms with Crippen molar-refractivity contribution >= 4 is 5.82 Å². The summed E-state index contributed by atoms with van der Waals surface area (Å²) in [5, 5.41) is 8.68. The second-order valence-corrected chi connectivity index (χ2v) is 5.36. The maximum Gasteiger partial charge on any atom is 0.151 e. The monoisotopic (exact) mass is 284 g/mol. The molecule has 1 saturated heterocycles. The second-order valence-electron chi connectivity index (χ2n) is 5.36. The summed E-state index contributed by atoms with van der Waals surface area (Å²) in [5.41, 5.74) is 7.86. The Kier molecular flexibility index (Phi) is 4.01. The van der Waals surface area contributed by atoms with Gasteiger partial charge in [0.25, 0.3) is 0 Å². The first-order valence-electron chi connectivity index (χ1n) is 7.25. The first kappa shape index (κ1) is 13.8. The van der Waals surface area contributed by atoms with E-state index in [1.807, 2.05) is 36.4 Å². The van der Waals surface area contributed by atoms with Crippen LogP contribution in [0.1, 0.15) is 12.8 Å². The normalized spacial score (nSPS) is 18.6. The van der Waals surface area contributed by atoms with Crippen LogP contribution in [0.2, 0.25) is 0 Å². The topological polar surface area (TPSA) is 64.3 Å².